The highest BCUT2D eigenvalue weighted by Crippen LogP contribution is 2.16. The van der Waals surface area contributed by atoms with Crippen molar-refractivity contribution in [2.24, 2.45) is 12.1 Å². The molecule has 0 aliphatic rings. The van der Waals surface area contributed by atoms with Crippen molar-refractivity contribution in [3.8, 4) is 0 Å². The molecule has 0 amide bonds. The first-order valence-electron chi connectivity index (χ1n) is 8.86. The van der Waals surface area contributed by atoms with Crippen molar-refractivity contribution in [2.45, 2.75) is 13.5 Å². The van der Waals surface area contributed by atoms with E-state index in [1.54, 1.807) is 30.8 Å². The minimum absolute atomic E-state index is 0.257. The van der Waals surface area contributed by atoms with Crippen LogP contribution in [0.3, 0.4) is 0 Å². The Morgan fingerprint density at radius 1 is 1.31 bits per heavy atom. The molecule has 0 saturated carbocycles. The van der Waals surface area contributed by atoms with Crippen LogP contribution < -0.4 is 21.6 Å². The van der Waals surface area contributed by atoms with E-state index in [0.717, 1.165) is 11.3 Å². The van der Waals surface area contributed by atoms with Gasteiger partial charge in [0.15, 0.2) is 11.2 Å². The number of allylic oxidation sites excluding steroid dienone is 2. The zero-order chi connectivity index (χ0) is 21.1. The number of nitrogens with zero attached hydrogens (tertiary/aromatic N) is 5. The summed E-state index contributed by atoms with van der Waals surface area (Å²) in [6, 6.07) is 7.86. The average Bonchev–Trinajstić information content (AvgIpc) is 3.04. The minimum Gasteiger partial charge on any atom is -0.378 e. The molecule has 0 radical (unpaired) electrons. The van der Waals surface area contributed by atoms with E-state index in [-0.39, 0.29) is 11.2 Å². The Morgan fingerprint density at radius 3 is 2.62 bits per heavy atom. The molecule has 0 spiro atoms. The van der Waals surface area contributed by atoms with Crippen LogP contribution in [-0.4, -0.2) is 39.4 Å². The number of hydrazone groups is 1. The number of H-pyrrole nitrogens is 1. The van der Waals surface area contributed by atoms with Crippen LogP contribution in [0.2, 0.25) is 0 Å². The molecule has 0 aliphatic heterocycles. The number of aromatic amines is 1. The number of benzene rings is 1. The second kappa shape index (κ2) is 8.36. The quantitative estimate of drug-likeness (QED) is 0.474. The second-order valence-corrected chi connectivity index (χ2v) is 7.28. The van der Waals surface area contributed by atoms with Gasteiger partial charge in [-0.1, -0.05) is 29.8 Å². The molecule has 29 heavy (non-hydrogen) atoms. The Hall–Kier alpha value is -3.33. The highest BCUT2D eigenvalue weighted by molar-refractivity contribution is 6.29. The Labute approximate surface area is 171 Å². The fourth-order valence-corrected chi connectivity index (χ4v) is 2.81. The summed E-state index contributed by atoms with van der Waals surface area (Å²) in [6.07, 6.45) is 3.39. The van der Waals surface area contributed by atoms with Crippen LogP contribution in [0.15, 0.2) is 50.1 Å². The lowest BCUT2D eigenvalue weighted by atomic mass is 10.2. The fourth-order valence-electron chi connectivity index (χ4n) is 2.74. The lowest BCUT2D eigenvalue weighted by Crippen LogP contribution is -2.29. The molecule has 0 saturated heterocycles. The van der Waals surface area contributed by atoms with Gasteiger partial charge in [-0.05, 0) is 24.6 Å². The van der Waals surface area contributed by atoms with E-state index in [4.69, 9.17) is 11.6 Å². The van der Waals surface area contributed by atoms with E-state index in [1.165, 1.54) is 4.57 Å². The Morgan fingerprint density at radius 2 is 2.00 bits per heavy atom. The topological polar surface area (TPSA) is 100 Å². The second-order valence-electron chi connectivity index (χ2n) is 6.68. The number of halogens is 1. The van der Waals surface area contributed by atoms with Gasteiger partial charge in [-0.2, -0.15) is 10.1 Å². The summed E-state index contributed by atoms with van der Waals surface area (Å²) in [4.78, 5) is 32.9. The highest BCUT2D eigenvalue weighted by atomic mass is 35.5. The number of aryl methyl sites for hydroxylation is 1. The lowest BCUT2D eigenvalue weighted by Gasteiger charge is -2.11. The van der Waals surface area contributed by atoms with Crippen LogP contribution in [0.25, 0.3) is 11.2 Å². The van der Waals surface area contributed by atoms with Crippen molar-refractivity contribution in [1.82, 2.24) is 19.1 Å². The Bertz CT molecular complexity index is 1200. The van der Waals surface area contributed by atoms with Gasteiger partial charge in [0, 0.05) is 38.4 Å². The van der Waals surface area contributed by atoms with Gasteiger partial charge in [0.25, 0.3) is 5.56 Å². The molecule has 2 N–H and O–H groups in total. The van der Waals surface area contributed by atoms with Gasteiger partial charge >= 0.3 is 5.69 Å². The molecule has 2 heterocycles. The van der Waals surface area contributed by atoms with Gasteiger partial charge in [0.2, 0.25) is 5.95 Å². The molecule has 0 atom stereocenters. The number of nitrogens with one attached hydrogen (secondary N) is 2. The summed E-state index contributed by atoms with van der Waals surface area (Å²) >= 11 is 5.95. The first kappa shape index (κ1) is 20.4. The summed E-state index contributed by atoms with van der Waals surface area (Å²) in [5.74, 6) is 0.321. The monoisotopic (exact) mass is 415 g/mol. The van der Waals surface area contributed by atoms with Gasteiger partial charge in [-0.3, -0.25) is 18.9 Å². The van der Waals surface area contributed by atoms with Crippen molar-refractivity contribution in [3.05, 3.63) is 61.8 Å². The van der Waals surface area contributed by atoms with E-state index in [0.29, 0.717) is 17.5 Å². The van der Waals surface area contributed by atoms with Crippen LogP contribution in [0.1, 0.15) is 12.5 Å². The summed E-state index contributed by atoms with van der Waals surface area (Å²) in [5, 5.41) is 4.80. The van der Waals surface area contributed by atoms with E-state index >= 15 is 0 Å². The van der Waals surface area contributed by atoms with Crippen molar-refractivity contribution < 1.29 is 0 Å². The molecule has 0 fully saturated rings. The fraction of sp³-hybridized carbons (Fsp3) is 0.263. The molecule has 9 nitrogen and oxygen atoms in total. The largest absolute Gasteiger partial charge is 0.378 e. The molecule has 10 heteroatoms. The predicted molar refractivity (Wildman–Crippen MR) is 117 cm³/mol. The highest BCUT2D eigenvalue weighted by Gasteiger charge is 2.16. The Balaban J connectivity index is 1.97. The molecular formula is C19H22ClN7O2. The maximum absolute atomic E-state index is 12.4. The van der Waals surface area contributed by atoms with E-state index in [1.807, 2.05) is 43.3 Å². The third kappa shape index (κ3) is 4.40. The zero-order valence-corrected chi connectivity index (χ0v) is 17.4. The summed E-state index contributed by atoms with van der Waals surface area (Å²) in [7, 11) is 5.49. The molecule has 2 aromatic heterocycles. The number of hydrogen-bond donors (Lipinski definition) is 2. The maximum Gasteiger partial charge on any atom is 0.329 e. The average molecular weight is 416 g/mol. The van der Waals surface area contributed by atoms with Crippen molar-refractivity contribution in [3.63, 3.8) is 0 Å². The number of imidazole rings is 1. The first-order valence-corrected chi connectivity index (χ1v) is 9.24. The lowest BCUT2D eigenvalue weighted by molar-refractivity contribution is 0.818. The number of fused-ring (bicyclic) bond motifs is 1. The molecule has 152 valence electrons. The van der Waals surface area contributed by atoms with Crippen molar-refractivity contribution in [2.75, 3.05) is 24.4 Å². The zero-order valence-electron chi connectivity index (χ0n) is 16.6. The Kier molecular flexibility index (Phi) is 5.88. The summed E-state index contributed by atoms with van der Waals surface area (Å²) < 4.78 is 2.89. The number of aromatic nitrogens is 4. The van der Waals surface area contributed by atoms with Crippen molar-refractivity contribution in [1.29, 1.82) is 0 Å². The van der Waals surface area contributed by atoms with Gasteiger partial charge < -0.3 is 4.90 Å². The normalized spacial score (nSPS) is 12.1. The molecule has 0 unspecified atom stereocenters. The molecule has 3 aromatic rings. The van der Waals surface area contributed by atoms with Crippen LogP contribution in [0, 0.1) is 0 Å². The third-order valence-electron chi connectivity index (χ3n) is 4.35. The molecule has 3 rings (SSSR count). The van der Waals surface area contributed by atoms with Crippen LogP contribution in [0.4, 0.5) is 11.6 Å². The van der Waals surface area contributed by atoms with Gasteiger partial charge in [0.05, 0.1) is 6.21 Å². The first-order chi connectivity index (χ1) is 13.8. The molecule has 0 bridgehead atoms. The van der Waals surface area contributed by atoms with E-state index in [2.05, 4.69) is 20.5 Å². The standard InChI is InChI=1S/C19H22ClN7O2/c1-12(20)9-10-27-15-16(26(4)19(29)23-17(15)28)22-18(27)24-21-11-13-5-7-14(8-6-13)25(2)3/h5-9,11H,10H2,1-4H3,(H,22,24)(H,23,28,29)/b12-9+,21-11-. The van der Waals surface area contributed by atoms with E-state index < -0.39 is 11.2 Å². The summed E-state index contributed by atoms with van der Waals surface area (Å²) in [5.41, 5.74) is 4.30. The minimum atomic E-state index is -0.535. The molecule has 0 aliphatic carbocycles. The predicted octanol–water partition coefficient (Wildman–Crippen LogP) is 2.08. The SMILES string of the molecule is C/C(Cl)=C\Cn1c(N/N=C\c2ccc(N(C)C)cc2)nc2c1c(=O)[nH]c(=O)n2C. The van der Waals surface area contributed by atoms with Crippen LogP contribution >= 0.6 is 11.6 Å². The molecular weight excluding hydrogens is 394 g/mol. The summed E-state index contributed by atoms with van der Waals surface area (Å²) in [6.45, 7) is 2.03. The smallest absolute Gasteiger partial charge is 0.329 e. The van der Waals surface area contributed by atoms with Gasteiger partial charge in [0.1, 0.15) is 0 Å². The number of anilines is 2. The number of hydrogen-bond acceptors (Lipinski definition) is 6. The van der Waals surface area contributed by atoms with E-state index in [9.17, 15) is 9.59 Å². The van der Waals surface area contributed by atoms with Crippen molar-refractivity contribution >= 4 is 40.6 Å². The third-order valence-corrected chi connectivity index (χ3v) is 4.50. The number of rotatable bonds is 6. The van der Waals surface area contributed by atoms with Crippen LogP contribution in [-0.2, 0) is 13.6 Å². The van der Waals surface area contributed by atoms with Gasteiger partial charge in [-0.25, -0.2) is 10.2 Å². The maximum atomic E-state index is 12.4. The van der Waals surface area contributed by atoms with Crippen LogP contribution in [0.5, 0.6) is 0 Å². The molecule has 1 aromatic carbocycles. The van der Waals surface area contributed by atoms with Gasteiger partial charge in [-0.15, -0.1) is 0 Å².